The first kappa shape index (κ1) is 20.2. The fourth-order valence-corrected chi connectivity index (χ4v) is 3.33. The topological polar surface area (TPSA) is 108 Å². The van der Waals surface area contributed by atoms with E-state index in [9.17, 15) is 12.8 Å². The van der Waals surface area contributed by atoms with Crippen LogP contribution in [0.1, 0.15) is 22.7 Å². The zero-order chi connectivity index (χ0) is 20.9. The van der Waals surface area contributed by atoms with Crippen molar-refractivity contribution in [2.45, 2.75) is 12.5 Å². The molecule has 3 rings (SSSR count). The lowest BCUT2D eigenvalue weighted by molar-refractivity contribution is 0.607. The Morgan fingerprint density at radius 2 is 1.83 bits per heavy atom. The van der Waals surface area contributed by atoms with E-state index in [-0.39, 0.29) is 11.9 Å². The van der Waals surface area contributed by atoms with Gasteiger partial charge in [-0.05, 0) is 41.8 Å². The van der Waals surface area contributed by atoms with Crippen LogP contribution in [0.2, 0.25) is 0 Å². The number of hydrogen-bond acceptors (Lipinski definition) is 6. The summed E-state index contributed by atoms with van der Waals surface area (Å²) in [6, 6.07) is 14.7. The minimum absolute atomic E-state index is 0.308. The van der Waals surface area contributed by atoms with Crippen molar-refractivity contribution in [3.63, 3.8) is 0 Å². The molecule has 148 valence electrons. The molecular weight excluding hydrogens is 393 g/mol. The predicted molar refractivity (Wildman–Crippen MR) is 108 cm³/mol. The van der Waals surface area contributed by atoms with Gasteiger partial charge in [0.15, 0.2) is 0 Å². The Kier molecular flexibility index (Phi) is 6.04. The minimum Gasteiger partial charge on any atom is -0.347 e. The smallest absolute Gasteiger partial charge is 0.229 e. The molecule has 0 radical (unpaired) electrons. The van der Waals surface area contributed by atoms with E-state index in [0.29, 0.717) is 23.6 Å². The van der Waals surface area contributed by atoms with Crippen molar-refractivity contribution in [2.75, 3.05) is 16.3 Å². The van der Waals surface area contributed by atoms with Gasteiger partial charge in [0.25, 0.3) is 0 Å². The average Bonchev–Trinajstić information content (AvgIpc) is 2.68. The first-order valence-corrected chi connectivity index (χ1v) is 10.5. The van der Waals surface area contributed by atoms with Crippen molar-refractivity contribution in [1.29, 1.82) is 5.26 Å². The molecule has 0 bridgehead atoms. The van der Waals surface area contributed by atoms with Crippen molar-refractivity contribution in [2.24, 2.45) is 0 Å². The molecule has 0 spiro atoms. The molecule has 0 aliphatic heterocycles. The maximum Gasteiger partial charge on any atom is 0.229 e. The van der Waals surface area contributed by atoms with Crippen LogP contribution in [0.5, 0.6) is 0 Å². The lowest BCUT2D eigenvalue weighted by Crippen LogP contribution is -2.16. The van der Waals surface area contributed by atoms with Crippen LogP contribution in [0.3, 0.4) is 0 Å². The molecule has 29 heavy (non-hydrogen) atoms. The Balaban J connectivity index is 1.87. The molecule has 0 aliphatic rings. The van der Waals surface area contributed by atoms with Crippen molar-refractivity contribution in [1.82, 2.24) is 9.97 Å². The van der Waals surface area contributed by atoms with E-state index in [1.807, 2.05) is 12.1 Å². The summed E-state index contributed by atoms with van der Waals surface area (Å²) in [5, 5.41) is 12.1. The predicted octanol–water partition coefficient (Wildman–Crippen LogP) is 3.25. The molecule has 1 unspecified atom stereocenters. The molecule has 9 heteroatoms. The summed E-state index contributed by atoms with van der Waals surface area (Å²) in [6.45, 7) is 0. The molecule has 2 N–H and O–H groups in total. The van der Waals surface area contributed by atoms with E-state index in [0.717, 1.165) is 17.4 Å². The summed E-state index contributed by atoms with van der Waals surface area (Å²) in [5.41, 5.74) is 2.46. The molecule has 2 aromatic carbocycles. The highest BCUT2D eigenvalue weighted by Gasteiger charge is 2.15. The Morgan fingerprint density at radius 3 is 2.45 bits per heavy atom. The number of nitrogens with one attached hydrogen (secondary N) is 2. The number of nitriles is 1. The Labute approximate surface area is 168 Å². The standard InChI is InChI=1S/C20H18FN5O2S/c1-29(27,28)26-18-4-2-3-14(9-18)10-19(16-5-7-17(21)8-6-16)25-20-23-12-15(11-22)13-24-20/h2-9,12-13,19,26H,10H2,1H3,(H,23,24,25). The van der Waals surface area contributed by atoms with Crippen molar-refractivity contribution >= 4 is 21.7 Å². The lowest BCUT2D eigenvalue weighted by atomic mass is 9.98. The monoisotopic (exact) mass is 411 g/mol. The van der Waals surface area contributed by atoms with Crippen molar-refractivity contribution in [3.05, 3.63) is 83.4 Å². The first-order valence-electron chi connectivity index (χ1n) is 8.63. The third kappa shape index (κ3) is 5.99. The van der Waals surface area contributed by atoms with Gasteiger partial charge in [0.2, 0.25) is 16.0 Å². The number of nitrogens with zero attached hydrogens (tertiary/aromatic N) is 3. The van der Waals surface area contributed by atoms with Gasteiger partial charge in [-0.3, -0.25) is 4.72 Å². The Hall–Kier alpha value is -3.51. The maximum atomic E-state index is 13.4. The minimum atomic E-state index is -3.39. The number of benzene rings is 2. The molecule has 1 atom stereocenters. The summed E-state index contributed by atoms with van der Waals surface area (Å²) >= 11 is 0. The van der Waals surface area contributed by atoms with Crippen LogP contribution in [0.15, 0.2) is 60.9 Å². The summed E-state index contributed by atoms with van der Waals surface area (Å²) < 4.78 is 38.8. The summed E-state index contributed by atoms with van der Waals surface area (Å²) in [5.74, 6) is -0.0230. The third-order valence-electron chi connectivity index (χ3n) is 4.03. The second-order valence-corrected chi connectivity index (χ2v) is 8.18. The van der Waals surface area contributed by atoms with E-state index in [4.69, 9.17) is 5.26 Å². The van der Waals surface area contributed by atoms with Crippen LogP contribution in [-0.4, -0.2) is 24.6 Å². The van der Waals surface area contributed by atoms with Crippen LogP contribution in [0, 0.1) is 17.1 Å². The van der Waals surface area contributed by atoms with Gasteiger partial charge in [-0.25, -0.2) is 22.8 Å². The molecule has 0 fully saturated rings. The number of rotatable bonds is 7. The maximum absolute atomic E-state index is 13.4. The second-order valence-electron chi connectivity index (χ2n) is 6.43. The Bertz CT molecular complexity index is 1130. The van der Waals surface area contributed by atoms with Crippen molar-refractivity contribution in [3.8, 4) is 6.07 Å². The molecule has 7 nitrogen and oxygen atoms in total. The van der Waals surface area contributed by atoms with Gasteiger partial charge in [-0.2, -0.15) is 5.26 Å². The van der Waals surface area contributed by atoms with Gasteiger partial charge in [0.05, 0.1) is 30.3 Å². The zero-order valence-electron chi connectivity index (χ0n) is 15.5. The third-order valence-corrected chi connectivity index (χ3v) is 4.63. The van der Waals surface area contributed by atoms with E-state index >= 15 is 0 Å². The molecule has 0 saturated heterocycles. The molecule has 0 amide bonds. The normalized spacial score (nSPS) is 12.0. The second kappa shape index (κ2) is 8.67. The first-order chi connectivity index (χ1) is 13.8. The number of anilines is 2. The van der Waals surface area contributed by atoms with Crippen molar-refractivity contribution < 1.29 is 12.8 Å². The van der Waals surface area contributed by atoms with Gasteiger partial charge >= 0.3 is 0 Å². The van der Waals surface area contributed by atoms with Gasteiger partial charge in [0, 0.05) is 5.69 Å². The summed E-state index contributed by atoms with van der Waals surface area (Å²) in [6.07, 6.45) is 4.38. The highest BCUT2D eigenvalue weighted by Crippen LogP contribution is 2.24. The lowest BCUT2D eigenvalue weighted by Gasteiger charge is -2.20. The highest BCUT2D eigenvalue weighted by molar-refractivity contribution is 7.92. The fraction of sp³-hybridized carbons (Fsp3) is 0.150. The van der Waals surface area contributed by atoms with Gasteiger partial charge in [0.1, 0.15) is 11.9 Å². The van der Waals surface area contributed by atoms with Gasteiger partial charge in [-0.15, -0.1) is 0 Å². The summed E-state index contributed by atoms with van der Waals surface area (Å²) in [4.78, 5) is 8.26. The molecule has 0 aliphatic carbocycles. The van der Waals surface area contributed by atoms with Crippen LogP contribution in [0.4, 0.5) is 16.0 Å². The van der Waals surface area contributed by atoms with E-state index < -0.39 is 10.0 Å². The summed E-state index contributed by atoms with van der Waals surface area (Å²) in [7, 11) is -3.39. The van der Waals surface area contributed by atoms with E-state index in [1.54, 1.807) is 30.3 Å². The Morgan fingerprint density at radius 1 is 1.14 bits per heavy atom. The highest BCUT2D eigenvalue weighted by atomic mass is 32.2. The van der Waals surface area contributed by atoms with Crippen LogP contribution in [-0.2, 0) is 16.4 Å². The molecule has 3 aromatic rings. The van der Waals surface area contributed by atoms with Crippen LogP contribution >= 0.6 is 0 Å². The zero-order valence-corrected chi connectivity index (χ0v) is 16.3. The fourth-order valence-electron chi connectivity index (χ4n) is 2.78. The molecular formula is C20H18FN5O2S. The number of halogens is 1. The molecule has 1 heterocycles. The molecule has 1 aromatic heterocycles. The molecule has 0 saturated carbocycles. The van der Waals surface area contributed by atoms with Gasteiger partial charge < -0.3 is 5.32 Å². The number of aromatic nitrogens is 2. The van der Waals surface area contributed by atoms with E-state index in [1.165, 1.54) is 24.5 Å². The number of sulfonamides is 1. The van der Waals surface area contributed by atoms with Crippen LogP contribution < -0.4 is 10.0 Å². The quantitative estimate of drug-likeness (QED) is 0.618. The average molecular weight is 411 g/mol. The van der Waals surface area contributed by atoms with Crippen LogP contribution in [0.25, 0.3) is 0 Å². The largest absolute Gasteiger partial charge is 0.347 e. The number of hydrogen-bond donors (Lipinski definition) is 2. The van der Waals surface area contributed by atoms with Gasteiger partial charge in [-0.1, -0.05) is 24.3 Å². The van der Waals surface area contributed by atoms with E-state index in [2.05, 4.69) is 20.0 Å². The SMILES string of the molecule is CS(=O)(=O)Nc1cccc(CC(Nc2ncc(C#N)cn2)c2ccc(F)cc2)c1.